The van der Waals surface area contributed by atoms with Gasteiger partial charge in [0.15, 0.2) is 0 Å². The van der Waals surface area contributed by atoms with Gasteiger partial charge in [0.05, 0.1) is 13.2 Å². The Balaban J connectivity index is 2.45. The lowest BCUT2D eigenvalue weighted by molar-refractivity contribution is -0.00155. The van der Waals surface area contributed by atoms with Crippen molar-refractivity contribution in [2.75, 3.05) is 39.9 Å². The summed E-state index contributed by atoms with van der Waals surface area (Å²) in [5.74, 6) is 0. The van der Waals surface area contributed by atoms with Crippen LogP contribution >= 0.6 is 11.6 Å². The van der Waals surface area contributed by atoms with Crippen molar-refractivity contribution in [3.05, 3.63) is 11.1 Å². The summed E-state index contributed by atoms with van der Waals surface area (Å²) in [5.41, 5.74) is 2.86. The van der Waals surface area contributed by atoms with Gasteiger partial charge in [-0.25, -0.2) is 0 Å². The van der Waals surface area contributed by atoms with Gasteiger partial charge in [-0.2, -0.15) is 0 Å². The largest absolute Gasteiger partial charge is 0.378 e. The van der Waals surface area contributed by atoms with Gasteiger partial charge in [0, 0.05) is 31.2 Å². The molecule has 1 heterocycles. The van der Waals surface area contributed by atoms with E-state index in [-0.39, 0.29) is 0 Å². The molecule has 3 nitrogen and oxygen atoms in total. The summed E-state index contributed by atoms with van der Waals surface area (Å²) < 4.78 is 5.45. The molecular weight excluding hydrogens is 200 g/mol. The summed E-state index contributed by atoms with van der Waals surface area (Å²) in [7, 11) is 1.97. The van der Waals surface area contributed by atoms with Gasteiger partial charge < -0.3 is 10.1 Å². The van der Waals surface area contributed by atoms with E-state index in [0.717, 1.165) is 32.8 Å². The van der Waals surface area contributed by atoms with E-state index < -0.39 is 0 Å². The molecular formula is C10H19ClN2O. The SMILES string of the molecule is CNCC1COCCN1CC(C)=CCl. The molecule has 1 aliphatic heterocycles. The molecule has 0 aromatic rings. The fourth-order valence-corrected chi connectivity index (χ4v) is 1.74. The lowest BCUT2D eigenvalue weighted by Gasteiger charge is -2.35. The standard InChI is InChI=1S/C10H19ClN2O/c1-9(5-11)7-13-3-4-14-8-10(13)6-12-2/h5,10,12H,3-4,6-8H2,1-2H3. The van der Waals surface area contributed by atoms with Crippen LogP contribution in [0.4, 0.5) is 0 Å². The predicted octanol–water partition coefficient (Wildman–Crippen LogP) is 1.05. The minimum atomic E-state index is 0.473. The lowest BCUT2D eigenvalue weighted by atomic mass is 10.2. The maximum absolute atomic E-state index is 5.66. The Labute approximate surface area is 91.1 Å². The first-order valence-corrected chi connectivity index (χ1v) is 5.43. The highest BCUT2D eigenvalue weighted by Crippen LogP contribution is 2.09. The van der Waals surface area contributed by atoms with E-state index in [1.165, 1.54) is 5.57 Å². The molecule has 0 spiro atoms. The Hall–Kier alpha value is -0.0900. The van der Waals surface area contributed by atoms with Crippen LogP contribution in [0.1, 0.15) is 6.92 Å². The van der Waals surface area contributed by atoms with Crippen LogP contribution in [0.3, 0.4) is 0 Å². The summed E-state index contributed by atoms with van der Waals surface area (Å²) in [5, 5.41) is 3.18. The number of rotatable bonds is 4. The van der Waals surface area contributed by atoms with Crippen molar-refractivity contribution in [2.45, 2.75) is 13.0 Å². The topological polar surface area (TPSA) is 24.5 Å². The normalized spacial score (nSPS) is 25.4. The Kier molecular flexibility index (Phi) is 5.48. The number of hydrogen-bond donors (Lipinski definition) is 1. The van der Waals surface area contributed by atoms with Crippen molar-refractivity contribution in [1.29, 1.82) is 0 Å². The van der Waals surface area contributed by atoms with E-state index >= 15 is 0 Å². The molecule has 14 heavy (non-hydrogen) atoms. The van der Waals surface area contributed by atoms with Crippen molar-refractivity contribution >= 4 is 11.6 Å². The highest BCUT2D eigenvalue weighted by Gasteiger charge is 2.21. The second kappa shape index (κ2) is 6.40. The fraction of sp³-hybridized carbons (Fsp3) is 0.800. The minimum Gasteiger partial charge on any atom is -0.378 e. The third-order valence-corrected chi connectivity index (χ3v) is 2.80. The quantitative estimate of drug-likeness (QED) is 0.764. The molecule has 1 fully saturated rings. The third kappa shape index (κ3) is 3.58. The number of morpholine rings is 1. The summed E-state index contributed by atoms with van der Waals surface area (Å²) in [6.45, 7) is 6.61. The van der Waals surface area contributed by atoms with Gasteiger partial charge in [-0.15, -0.1) is 0 Å². The molecule has 1 N–H and O–H groups in total. The third-order valence-electron chi connectivity index (χ3n) is 2.43. The van der Waals surface area contributed by atoms with E-state index in [2.05, 4.69) is 17.1 Å². The predicted molar refractivity (Wildman–Crippen MR) is 59.7 cm³/mol. The molecule has 0 amide bonds. The molecule has 0 bridgehead atoms. The molecule has 0 radical (unpaired) electrons. The maximum atomic E-state index is 5.66. The highest BCUT2D eigenvalue weighted by atomic mass is 35.5. The molecule has 0 saturated carbocycles. The Morgan fingerprint density at radius 3 is 3.14 bits per heavy atom. The van der Waals surface area contributed by atoms with Crippen molar-refractivity contribution in [3.8, 4) is 0 Å². The van der Waals surface area contributed by atoms with Gasteiger partial charge in [0.2, 0.25) is 0 Å². The average Bonchev–Trinajstić information content (AvgIpc) is 2.21. The van der Waals surface area contributed by atoms with Crippen LogP contribution in [0.2, 0.25) is 0 Å². The molecule has 0 aromatic heterocycles. The van der Waals surface area contributed by atoms with Gasteiger partial charge >= 0.3 is 0 Å². The number of halogens is 1. The molecule has 1 unspecified atom stereocenters. The number of hydrogen-bond acceptors (Lipinski definition) is 3. The maximum Gasteiger partial charge on any atom is 0.0635 e. The molecule has 1 saturated heterocycles. The molecule has 1 rings (SSSR count). The number of likely N-dealkylation sites (N-methyl/N-ethyl adjacent to an activating group) is 1. The van der Waals surface area contributed by atoms with Crippen molar-refractivity contribution < 1.29 is 4.74 Å². The minimum absolute atomic E-state index is 0.473. The van der Waals surface area contributed by atoms with Crippen LogP contribution in [0.15, 0.2) is 11.1 Å². The second-order valence-corrected chi connectivity index (χ2v) is 3.93. The molecule has 0 aliphatic carbocycles. The number of nitrogens with one attached hydrogen (secondary N) is 1. The van der Waals surface area contributed by atoms with Crippen LogP contribution in [-0.2, 0) is 4.74 Å². The summed E-state index contributed by atoms with van der Waals surface area (Å²) in [6, 6.07) is 0.473. The zero-order chi connectivity index (χ0) is 10.4. The first-order chi connectivity index (χ1) is 6.77. The van der Waals surface area contributed by atoms with Crippen LogP contribution in [0, 0.1) is 0 Å². The smallest absolute Gasteiger partial charge is 0.0635 e. The van der Waals surface area contributed by atoms with Gasteiger partial charge in [-0.05, 0) is 19.5 Å². The van der Waals surface area contributed by atoms with Gasteiger partial charge in [0.25, 0.3) is 0 Å². The van der Waals surface area contributed by atoms with Gasteiger partial charge in [-0.3, -0.25) is 4.90 Å². The highest BCUT2D eigenvalue weighted by molar-refractivity contribution is 6.25. The van der Waals surface area contributed by atoms with Crippen LogP contribution < -0.4 is 5.32 Å². The van der Waals surface area contributed by atoms with Crippen molar-refractivity contribution in [3.63, 3.8) is 0 Å². The number of nitrogens with zero attached hydrogens (tertiary/aromatic N) is 1. The molecule has 1 aliphatic rings. The van der Waals surface area contributed by atoms with Crippen molar-refractivity contribution in [2.24, 2.45) is 0 Å². The van der Waals surface area contributed by atoms with Crippen LogP contribution in [0.25, 0.3) is 0 Å². The zero-order valence-electron chi connectivity index (χ0n) is 8.92. The van der Waals surface area contributed by atoms with Gasteiger partial charge in [-0.1, -0.05) is 11.6 Å². The Morgan fingerprint density at radius 1 is 1.71 bits per heavy atom. The summed E-state index contributed by atoms with van der Waals surface area (Å²) in [6.07, 6.45) is 0. The first-order valence-electron chi connectivity index (χ1n) is 5.00. The van der Waals surface area contributed by atoms with Gasteiger partial charge in [0.1, 0.15) is 0 Å². The summed E-state index contributed by atoms with van der Waals surface area (Å²) in [4.78, 5) is 2.41. The van der Waals surface area contributed by atoms with E-state index in [0.29, 0.717) is 6.04 Å². The molecule has 82 valence electrons. The van der Waals surface area contributed by atoms with Crippen LogP contribution in [0.5, 0.6) is 0 Å². The second-order valence-electron chi connectivity index (χ2n) is 3.71. The monoisotopic (exact) mass is 218 g/mol. The van der Waals surface area contributed by atoms with E-state index in [9.17, 15) is 0 Å². The van der Waals surface area contributed by atoms with Crippen molar-refractivity contribution in [1.82, 2.24) is 10.2 Å². The molecule has 1 atom stereocenters. The molecule has 0 aromatic carbocycles. The van der Waals surface area contributed by atoms with Crippen LogP contribution in [-0.4, -0.2) is 50.8 Å². The fourth-order valence-electron chi connectivity index (χ4n) is 1.68. The molecule has 4 heteroatoms. The lowest BCUT2D eigenvalue weighted by Crippen LogP contribution is -2.50. The Morgan fingerprint density at radius 2 is 2.50 bits per heavy atom. The average molecular weight is 219 g/mol. The van der Waals surface area contributed by atoms with E-state index in [1.54, 1.807) is 5.54 Å². The van der Waals surface area contributed by atoms with E-state index in [4.69, 9.17) is 16.3 Å². The Bertz CT molecular complexity index is 195. The zero-order valence-corrected chi connectivity index (χ0v) is 9.68. The summed E-state index contributed by atoms with van der Waals surface area (Å²) >= 11 is 5.66. The van der Waals surface area contributed by atoms with E-state index in [1.807, 2.05) is 7.05 Å². The number of ether oxygens (including phenoxy) is 1. The first kappa shape index (κ1) is 12.0.